The second-order valence-electron chi connectivity index (χ2n) is 4.29. The molecule has 5 heteroatoms. The molecule has 1 N–H and O–H groups in total. The lowest BCUT2D eigenvalue weighted by atomic mass is 9.80. The molecule has 1 aliphatic heterocycles. The van der Waals surface area contributed by atoms with Crippen molar-refractivity contribution in [3.8, 4) is 0 Å². The van der Waals surface area contributed by atoms with Crippen molar-refractivity contribution in [1.29, 1.82) is 0 Å². The smallest absolute Gasteiger partial charge is 0.138 e. The van der Waals surface area contributed by atoms with Crippen molar-refractivity contribution >= 4 is 0 Å². The van der Waals surface area contributed by atoms with Crippen molar-refractivity contribution in [3.05, 3.63) is 12.2 Å². The Morgan fingerprint density at radius 1 is 1.67 bits per heavy atom. The number of rotatable bonds is 3. The Balaban J connectivity index is 2.10. The summed E-state index contributed by atoms with van der Waals surface area (Å²) in [4.78, 5) is 4.19. The van der Waals surface area contributed by atoms with Gasteiger partial charge in [-0.15, -0.1) is 0 Å². The summed E-state index contributed by atoms with van der Waals surface area (Å²) in [6.07, 6.45) is 4.29. The quantitative estimate of drug-likeness (QED) is 0.773. The monoisotopic (exact) mass is 211 g/mol. The molecule has 0 aromatic carbocycles. The highest BCUT2D eigenvalue weighted by Crippen LogP contribution is 2.31. The summed E-state index contributed by atoms with van der Waals surface area (Å²) < 4.78 is 7.20. The molecule has 1 saturated heterocycles. The van der Waals surface area contributed by atoms with Gasteiger partial charge in [0.1, 0.15) is 12.2 Å². The van der Waals surface area contributed by atoms with Gasteiger partial charge in [-0.25, -0.2) is 4.98 Å². The number of aryl methyl sites for hydroxylation is 1. The van der Waals surface area contributed by atoms with Crippen molar-refractivity contribution in [2.75, 3.05) is 19.8 Å². The van der Waals surface area contributed by atoms with Crippen LogP contribution in [0.3, 0.4) is 0 Å². The van der Waals surface area contributed by atoms with E-state index in [1.54, 1.807) is 11.0 Å². The lowest BCUT2D eigenvalue weighted by Gasteiger charge is -2.34. The molecule has 84 valence electrons. The molecule has 2 rings (SSSR count). The fourth-order valence-electron chi connectivity index (χ4n) is 2.05. The predicted octanol–water partition coefficient (Wildman–Crippen LogP) is 0.147. The molecule has 1 fully saturated rings. The summed E-state index contributed by atoms with van der Waals surface area (Å²) >= 11 is 0. The topological polar surface area (TPSA) is 60.2 Å². The summed E-state index contributed by atoms with van der Waals surface area (Å²) in [6.45, 7) is 1.58. The molecule has 1 atom stereocenters. The van der Waals surface area contributed by atoms with Crippen molar-refractivity contribution in [3.63, 3.8) is 0 Å². The highest BCUT2D eigenvalue weighted by molar-refractivity contribution is 4.94. The van der Waals surface area contributed by atoms with Gasteiger partial charge in [-0.3, -0.25) is 4.68 Å². The average molecular weight is 211 g/mol. The van der Waals surface area contributed by atoms with E-state index in [1.165, 1.54) is 0 Å². The molecule has 2 heterocycles. The first-order chi connectivity index (χ1) is 7.26. The first kappa shape index (κ1) is 10.6. The van der Waals surface area contributed by atoms with Gasteiger partial charge < -0.3 is 9.84 Å². The molecule has 0 amide bonds. The molecule has 0 radical (unpaired) electrons. The molecule has 0 aliphatic carbocycles. The zero-order valence-corrected chi connectivity index (χ0v) is 9.02. The number of nitrogens with zero attached hydrogens (tertiary/aromatic N) is 3. The molecule has 0 saturated carbocycles. The van der Waals surface area contributed by atoms with E-state index in [2.05, 4.69) is 10.1 Å². The second-order valence-corrected chi connectivity index (χ2v) is 4.29. The fraction of sp³-hybridized carbons (Fsp3) is 0.800. The van der Waals surface area contributed by atoms with Crippen LogP contribution in [-0.2, 0) is 18.2 Å². The van der Waals surface area contributed by atoms with Gasteiger partial charge in [0.05, 0.1) is 13.2 Å². The Kier molecular flexibility index (Phi) is 3.02. The molecule has 0 bridgehead atoms. The number of aromatic nitrogens is 3. The maximum atomic E-state index is 9.49. The minimum atomic E-state index is -0.154. The van der Waals surface area contributed by atoms with E-state index in [9.17, 15) is 5.11 Å². The molecule has 0 spiro atoms. The molecule has 1 aromatic rings. The van der Waals surface area contributed by atoms with E-state index in [1.807, 2.05) is 7.05 Å². The summed E-state index contributed by atoms with van der Waals surface area (Å²) in [5.41, 5.74) is -0.154. The lowest BCUT2D eigenvalue weighted by Crippen LogP contribution is -2.38. The highest BCUT2D eigenvalue weighted by atomic mass is 16.5. The van der Waals surface area contributed by atoms with Gasteiger partial charge in [0.2, 0.25) is 0 Å². The Bertz CT molecular complexity index is 318. The molecule has 1 aromatic heterocycles. The number of ether oxygens (including phenoxy) is 1. The predicted molar refractivity (Wildman–Crippen MR) is 54.3 cm³/mol. The van der Waals surface area contributed by atoms with Crippen LogP contribution in [0.1, 0.15) is 18.7 Å². The Morgan fingerprint density at radius 2 is 2.53 bits per heavy atom. The summed E-state index contributed by atoms with van der Waals surface area (Å²) in [5.74, 6) is 0.912. The van der Waals surface area contributed by atoms with E-state index in [0.29, 0.717) is 6.61 Å². The van der Waals surface area contributed by atoms with Crippen LogP contribution in [0.5, 0.6) is 0 Å². The third kappa shape index (κ3) is 2.18. The van der Waals surface area contributed by atoms with Crippen molar-refractivity contribution < 1.29 is 9.84 Å². The minimum absolute atomic E-state index is 0.153. The van der Waals surface area contributed by atoms with Gasteiger partial charge in [-0.1, -0.05) is 0 Å². The largest absolute Gasteiger partial charge is 0.396 e. The first-order valence-electron chi connectivity index (χ1n) is 5.27. The minimum Gasteiger partial charge on any atom is -0.396 e. The van der Waals surface area contributed by atoms with Crippen LogP contribution in [0.15, 0.2) is 6.33 Å². The van der Waals surface area contributed by atoms with E-state index < -0.39 is 0 Å². The highest BCUT2D eigenvalue weighted by Gasteiger charge is 2.33. The van der Waals surface area contributed by atoms with Gasteiger partial charge in [0.15, 0.2) is 0 Å². The number of hydrogen-bond donors (Lipinski definition) is 1. The SMILES string of the molecule is Cn1ncnc1CC1(CO)CCCOC1. The van der Waals surface area contributed by atoms with Crippen LogP contribution in [0.2, 0.25) is 0 Å². The molecular formula is C10H17N3O2. The molecular weight excluding hydrogens is 194 g/mol. The Labute approximate surface area is 89.1 Å². The van der Waals surface area contributed by atoms with E-state index in [0.717, 1.165) is 31.7 Å². The van der Waals surface area contributed by atoms with Crippen molar-refractivity contribution in [2.24, 2.45) is 12.5 Å². The van der Waals surface area contributed by atoms with E-state index in [-0.39, 0.29) is 12.0 Å². The standard InChI is InChI=1S/C10H17N3O2/c1-13-9(11-8-12-13)5-10(6-14)3-2-4-15-7-10/h8,14H,2-7H2,1H3. The maximum absolute atomic E-state index is 9.49. The van der Waals surface area contributed by atoms with Crippen LogP contribution in [0.25, 0.3) is 0 Å². The van der Waals surface area contributed by atoms with Crippen LogP contribution in [-0.4, -0.2) is 39.7 Å². The van der Waals surface area contributed by atoms with Crippen molar-refractivity contribution in [1.82, 2.24) is 14.8 Å². The summed E-state index contributed by atoms with van der Waals surface area (Å²) in [6, 6.07) is 0. The maximum Gasteiger partial charge on any atom is 0.138 e. The molecule has 5 nitrogen and oxygen atoms in total. The van der Waals surface area contributed by atoms with Crippen LogP contribution >= 0.6 is 0 Å². The van der Waals surface area contributed by atoms with Crippen molar-refractivity contribution in [2.45, 2.75) is 19.3 Å². The Morgan fingerprint density at radius 3 is 3.07 bits per heavy atom. The molecule has 1 aliphatic rings. The van der Waals surface area contributed by atoms with Gasteiger partial charge >= 0.3 is 0 Å². The number of aliphatic hydroxyl groups is 1. The van der Waals surface area contributed by atoms with Crippen LogP contribution in [0, 0.1) is 5.41 Å². The molecule has 1 unspecified atom stereocenters. The van der Waals surface area contributed by atoms with Gasteiger partial charge in [0.25, 0.3) is 0 Å². The number of hydrogen-bond acceptors (Lipinski definition) is 4. The van der Waals surface area contributed by atoms with Crippen LogP contribution in [0.4, 0.5) is 0 Å². The summed E-state index contributed by atoms with van der Waals surface area (Å²) in [7, 11) is 1.87. The van der Waals surface area contributed by atoms with Crippen LogP contribution < -0.4 is 0 Å². The number of aliphatic hydroxyl groups excluding tert-OH is 1. The molecule has 15 heavy (non-hydrogen) atoms. The first-order valence-corrected chi connectivity index (χ1v) is 5.27. The van der Waals surface area contributed by atoms with Gasteiger partial charge in [-0.2, -0.15) is 5.10 Å². The fourth-order valence-corrected chi connectivity index (χ4v) is 2.05. The van der Waals surface area contributed by atoms with Gasteiger partial charge in [0, 0.05) is 25.5 Å². The van der Waals surface area contributed by atoms with E-state index in [4.69, 9.17) is 4.74 Å². The average Bonchev–Trinajstić information content (AvgIpc) is 2.66. The zero-order valence-electron chi connectivity index (χ0n) is 9.02. The van der Waals surface area contributed by atoms with E-state index >= 15 is 0 Å². The Hall–Kier alpha value is -0.940. The third-order valence-corrected chi connectivity index (χ3v) is 3.08. The second kappa shape index (κ2) is 4.28. The lowest BCUT2D eigenvalue weighted by molar-refractivity contribution is -0.0392. The third-order valence-electron chi connectivity index (χ3n) is 3.08. The summed E-state index contributed by atoms with van der Waals surface area (Å²) in [5, 5.41) is 13.5. The van der Waals surface area contributed by atoms with Gasteiger partial charge in [-0.05, 0) is 12.8 Å². The zero-order chi connectivity index (χ0) is 10.7. The normalized spacial score (nSPS) is 26.8.